The van der Waals surface area contributed by atoms with Gasteiger partial charge >= 0.3 is 0 Å². The molecule has 16 heavy (non-hydrogen) atoms. The van der Waals surface area contributed by atoms with E-state index in [-0.39, 0.29) is 12.5 Å². The fraction of sp³-hybridized carbons (Fsp3) is 0.333. The van der Waals surface area contributed by atoms with Crippen molar-refractivity contribution in [3.63, 3.8) is 0 Å². The third kappa shape index (κ3) is 2.63. The van der Waals surface area contributed by atoms with E-state index in [2.05, 4.69) is 20.6 Å². The predicted octanol–water partition coefficient (Wildman–Crippen LogP) is 0.936. The molecule has 0 spiro atoms. The van der Waals surface area contributed by atoms with E-state index in [1.54, 1.807) is 23.1 Å². The fourth-order valence-corrected chi connectivity index (χ4v) is 1.84. The summed E-state index contributed by atoms with van der Waals surface area (Å²) < 4.78 is 1.55. The zero-order valence-corrected chi connectivity index (χ0v) is 9.57. The SMILES string of the molecule is CCc1nnc(NC(=O)Cn2cccn2)s1. The number of nitrogens with zero attached hydrogens (tertiary/aromatic N) is 4. The van der Waals surface area contributed by atoms with Crippen molar-refractivity contribution in [3.05, 3.63) is 23.5 Å². The van der Waals surface area contributed by atoms with Gasteiger partial charge in [-0.15, -0.1) is 10.2 Å². The number of carbonyl (C=O) groups excluding carboxylic acids is 1. The Labute approximate surface area is 96.3 Å². The molecule has 0 aliphatic carbocycles. The average Bonchev–Trinajstić information content (AvgIpc) is 2.89. The minimum absolute atomic E-state index is 0.150. The van der Waals surface area contributed by atoms with Gasteiger partial charge in [0.15, 0.2) is 0 Å². The highest BCUT2D eigenvalue weighted by Gasteiger charge is 2.07. The van der Waals surface area contributed by atoms with Crippen LogP contribution in [0.3, 0.4) is 0 Å². The van der Waals surface area contributed by atoms with Crippen molar-refractivity contribution in [2.45, 2.75) is 19.9 Å². The minimum Gasteiger partial charge on any atom is -0.299 e. The summed E-state index contributed by atoms with van der Waals surface area (Å²) in [6.45, 7) is 2.18. The van der Waals surface area contributed by atoms with Gasteiger partial charge in [0.25, 0.3) is 0 Å². The third-order valence-corrected chi connectivity index (χ3v) is 2.86. The topological polar surface area (TPSA) is 72.7 Å². The summed E-state index contributed by atoms with van der Waals surface area (Å²) >= 11 is 1.39. The first-order chi connectivity index (χ1) is 7.78. The summed E-state index contributed by atoms with van der Waals surface area (Å²) in [6.07, 6.45) is 4.19. The van der Waals surface area contributed by atoms with Gasteiger partial charge in [0, 0.05) is 12.4 Å². The van der Waals surface area contributed by atoms with Gasteiger partial charge in [-0.05, 0) is 12.5 Å². The Balaban J connectivity index is 1.92. The molecule has 1 amide bonds. The van der Waals surface area contributed by atoms with Gasteiger partial charge in [-0.25, -0.2) is 0 Å². The summed E-state index contributed by atoms with van der Waals surface area (Å²) in [5.74, 6) is -0.150. The van der Waals surface area contributed by atoms with E-state index in [1.807, 2.05) is 6.92 Å². The molecular weight excluding hydrogens is 226 g/mol. The number of aryl methyl sites for hydroxylation is 1. The van der Waals surface area contributed by atoms with Crippen LogP contribution in [0.1, 0.15) is 11.9 Å². The average molecular weight is 237 g/mol. The lowest BCUT2D eigenvalue weighted by Gasteiger charge is -2.00. The molecule has 0 radical (unpaired) electrons. The molecule has 2 rings (SSSR count). The Morgan fingerprint density at radius 2 is 2.44 bits per heavy atom. The van der Waals surface area contributed by atoms with Gasteiger partial charge in [-0.3, -0.25) is 14.8 Å². The van der Waals surface area contributed by atoms with E-state index in [1.165, 1.54) is 11.3 Å². The summed E-state index contributed by atoms with van der Waals surface area (Å²) in [4.78, 5) is 11.5. The van der Waals surface area contributed by atoms with Gasteiger partial charge in [0.1, 0.15) is 11.6 Å². The lowest BCUT2D eigenvalue weighted by molar-refractivity contribution is -0.116. The van der Waals surface area contributed by atoms with Crippen LogP contribution in [-0.4, -0.2) is 25.9 Å². The number of nitrogens with one attached hydrogen (secondary N) is 1. The molecule has 1 N–H and O–H groups in total. The minimum atomic E-state index is -0.150. The zero-order chi connectivity index (χ0) is 11.4. The van der Waals surface area contributed by atoms with Crippen LogP contribution in [0, 0.1) is 0 Å². The molecular formula is C9H11N5OS. The molecule has 0 saturated heterocycles. The number of hydrogen-bond donors (Lipinski definition) is 1. The van der Waals surface area contributed by atoms with E-state index in [0.29, 0.717) is 5.13 Å². The van der Waals surface area contributed by atoms with Crippen LogP contribution in [0.4, 0.5) is 5.13 Å². The summed E-state index contributed by atoms with van der Waals surface area (Å²) in [5.41, 5.74) is 0. The van der Waals surface area contributed by atoms with Crippen LogP contribution >= 0.6 is 11.3 Å². The molecule has 0 unspecified atom stereocenters. The smallest absolute Gasteiger partial charge is 0.247 e. The highest BCUT2D eigenvalue weighted by atomic mass is 32.1. The van der Waals surface area contributed by atoms with E-state index in [9.17, 15) is 4.79 Å². The van der Waals surface area contributed by atoms with Crippen molar-refractivity contribution < 1.29 is 4.79 Å². The molecule has 2 aromatic heterocycles. The maximum Gasteiger partial charge on any atom is 0.247 e. The van der Waals surface area contributed by atoms with Crippen LogP contribution in [-0.2, 0) is 17.8 Å². The van der Waals surface area contributed by atoms with Crippen LogP contribution in [0.15, 0.2) is 18.5 Å². The number of carbonyl (C=O) groups is 1. The molecule has 0 atom stereocenters. The molecule has 2 aromatic rings. The van der Waals surface area contributed by atoms with E-state index in [0.717, 1.165) is 11.4 Å². The monoisotopic (exact) mass is 237 g/mol. The molecule has 2 heterocycles. The van der Waals surface area contributed by atoms with Gasteiger partial charge in [0.05, 0.1) is 0 Å². The zero-order valence-electron chi connectivity index (χ0n) is 8.75. The number of amides is 1. The van der Waals surface area contributed by atoms with Crippen LogP contribution in [0.2, 0.25) is 0 Å². The number of hydrogen-bond acceptors (Lipinski definition) is 5. The first kappa shape index (κ1) is 10.7. The summed E-state index contributed by atoms with van der Waals surface area (Å²) in [5, 5.41) is 15.8. The van der Waals surface area contributed by atoms with Crippen molar-refractivity contribution in [1.82, 2.24) is 20.0 Å². The molecule has 0 fully saturated rings. The van der Waals surface area contributed by atoms with Crippen molar-refractivity contribution in [2.24, 2.45) is 0 Å². The van der Waals surface area contributed by atoms with Crippen molar-refractivity contribution in [1.29, 1.82) is 0 Å². The van der Waals surface area contributed by atoms with Gasteiger partial charge in [-0.2, -0.15) is 5.10 Å². The first-order valence-corrected chi connectivity index (χ1v) is 5.69. The van der Waals surface area contributed by atoms with Crippen LogP contribution in [0.25, 0.3) is 0 Å². The van der Waals surface area contributed by atoms with Crippen LogP contribution in [0.5, 0.6) is 0 Å². The second kappa shape index (κ2) is 4.84. The Morgan fingerprint density at radius 3 is 3.06 bits per heavy atom. The molecule has 7 heteroatoms. The first-order valence-electron chi connectivity index (χ1n) is 4.87. The number of anilines is 1. The quantitative estimate of drug-likeness (QED) is 0.858. The predicted molar refractivity (Wildman–Crippen MR) is 60.1 cm³/mol. The van der Waals surface area contributed by atoms with Crippen LogP contribution < -0.4 is 5.32 Å². The van der Waals surface area contributed by atoms with E-state index in [4.69, 9.17) is 0 Å². The molecule has 0 aromatic carbocycles. The van der Waals surface area contributed by atoms with Crippen molar-refractivity contribution in [3.8, 4) is 0 Å². The Morgan fingerprint density at radius 1 is 1.56 bits per heavy atom. The lowest BCUT2D eigenvalue weighted by atomic mass is 10.5. The number of aromatic nitrogens is 4. The highest BCUT2D eigenvalue weighted by Crippen LogP contribution is 2.15. The Kier molecular flexibility index (Phi) is 3.25. The molecule has 0 bridgehead atoms. The largest absolute Gasteiger partial charge is 0.299 e. The lowest BCUT2D eigenvalue weighted by Crippen LogP contribution is -2.18. The standard InChI is InChI=1S/C9H11N5OS/c1-2-8-12-13-9(16-8)11-7(15)6-14-5-3-4-10-14/h3-5H,2,6H2,1H3,(H,11,13,15). The third-order valence-electron chi connectivity index (χ3n) is 1.88. The summed E-state index contributed by atoms with van der Waals surface area (Å²) in [6, 6.07) is 1.77. The normalized spacial score (nSPS) is 10.3. The summed E-state index contributed by atoms with van der Waals surface area (Å²) in [7, 11) is 0. The molecule has 0 saturated carbocycles. The molecule has 0 aliphatic rings. The maximum absolute atomic E-state index is 11.5. The highest BCUT2D eigenvalue weighted by molar-refractivity contribution is 7.15. The van der Waals surface area contributed by atoms with Crippen molar-refractivity contribution >= 4 is 22.4 Å². The Bertz CT molecular complexity index is 464. The van der Waals surface area contributed by atoms with E-state index < -0.39 is 0 Å². The molecule has 84 valence electrons. The number of rotatable bonds is 4. The Hall–Kier alpha value is -1.76. The van der Waals surface area contributed by atoms with E-state index >= 15 is 0 Å². The second-order valence-electron chi connectivity index (χ2n) is 3.11. The second-order valence-corrected chi connectivity index (χ2v) is 4.17. The fourth-order valence-electron chi connectivity index (χ4n) is 1.15. The van der Waals surface area contributed by atoms with Gasteiger partial charge in [-0.1, -0.05) is 18.3 Å². The van der Waals surface area contributed by atoms with Gasteiger partial charge in [0.2, 0.25) is 11.0 Å². The molecule has 6 nitrogen and oxygen atoms in total. The maximum atomic E-state index is 11.5. The molecule has 0 aliphatic heterocycles. The van der Waals surface area contributed by atoms with Gasteiger partial charge < -0.3 is 0 Å². The van der Waals surface area contributed by atoms with Crippen molar-refractivity contribution in [2.75, 3.05) is 5.32 Å².